The van der Waals surface area contributed by atoms with E-state index in [1.807, 2.05) is 38.1 Å². The van der Waals surface area contributed by atoms with E-state index in [1.54, 1.807) is 7.11 Å². The average Bonchev–Trinajstić information content (AvgIpc) is 2.82. The van der Waals surface area contributed by atoms with Gasteiger partial charge in [0.25, 0.3) is 0 Å². The molecule has 1 aromatic heterocycles. The lowest BCUT2D eigenvalue weighted by atomic mass is 10.1. The summed E-state index contributed by atoms with van der Waals surface area (Å²) in [5.74, 6) is 1.03. The van der Waals surface area contributed by atoms with Gasteiger partial charge in [0.05, 0.1) is 18.4 Å². The van der Waals surface area contributed by atoms with Crippen LogP contribution in [0.5, 0.6) is 5.75 Å². The number of rotatable bonds is 3. The van der Waals surface area contributed by atoms with Gasteiger partial charge in [-0.25, -0.2) is 4.98 Å². The lowest BCUT2D eigenvalue weighted by Gasteiger charge is -2.04. The standard InChI is InChI=1S/C14H14N2OS/c1-9(2)13-12(8-15)18-14(16-13)10-6-4-5-7-11(10)17-3/h4-7,9H,1-3H3. The van der Waals surface area contributed by atoms with Crippen LogP contribution in [0, 0.1) is 11.3 Å². The SMILES string of the molecule is COc1ccccc1-c1nc(C(C)C)c(C#N)s1. The van der Waals surface area contributed by atoms with Crippen molar-refractivity contribution in [2.24, 2.45) is 0 Å². The molecule has 1 heterocycles. The maximum Gasteiger partial charge on any atom is 0.129 e. The van der Waals surface area contributed by atoms with Crippen LogP contribution in [0.4, 0.5) is 0 Å². The van der Waals surface area contributed by atoms with E-state index in [9.17, 15) is 0 Å². The Bertz CT molecular complexity index is 596. The normalized spacial score (nSPS) is 10.4. The van der Waals surface area contributed by atoms with Crippen molar-refractivity contribution < 1.29 is 4.74 Å². The smallest absolute Gasteiger partial charge is 0.129 e. The Morgan fingerprint density at radius 3 is 2.61 bits per heavy atom. The topological polar surface area (TPSA) is 45.9 Å². The van der Waals surface area contributed by atoms with Gasteiger partial charge in [-0.15, -0.1) is 11.3 Å². The minimum absolute atomic E-state index is 0.249. The molecular weight excluding hydrogens is 244 g/mol. The zero-order chi connectivity index (χ0) is 13.1. The van der Waals surface area contributed by atoms with Gasteiger partial charge in [0.2, 0.25) is 0 Å². The van der Waals surface area contributed by atoms with Crippen molar-refractivity contribution in [2.75, 3.05) is 7.11 Å². The minimum atomic E-state index is 0.249. The lowest BCUT2D eigenvalue weighted by Crippen LogP contribution is -1.91. The highest BCUT2D eigenvalue weighted by Gasteiger charge is 2.16. The molecule has 0 N–H and O–H groups in total. The third kappa shape index (κ3) is 2.22. The largest absolute Gasteiger partial charge is 0.496 e. The quantitative estimate of drug-likeness (QED) is 0.840. The Balaban J connectivity index is 2.55. The van der Waals surface area contributed by atoms with E-state index in [4.69, 9.17) is 10.00 Å². The van der Waals surface area contributed by atoms with E-state index >= 15 is 0 Å². The predicted octanol–water partition coefficient (Wildman–Crippen LogP) is 3.81. The van der Waals surface area contributed by atoms with Crippen molar-refractivity contribution >= 4 is 11.3 Å². The summed E-state index contributed by atoms with van der Waals surface area (Å²) in [7, 11) is 1.64. The molecule has 0 radical (unpaired) electrons. The van der Waals surface area contributed by atoms with Crippen molar-refractivity contribution in [3.05, 3.63) is 34.8 Å². The van der Waals surface area contributed by atoms with Crippen LogP contribution in [0.2, 0.25) is 0 Å². The van der Waals surface area contributed by atoms with E-state index in [1.165, 1.54) is 11.3 Å². The van der Waals surface area contributed by atoms with Gasteiger partial charge in [0.15, 0.2) is 0 Å². The Morgan fingerprint density at radius 2 is 2.06 bits per heavy atom. The molecule has 0 aliphatic rings. The number of hydrogen-bond acceptors (Lipinski definition) is 4. The molecule has 0 bridgehead atoms. The van der Waals surface area contributed by atoms with Crippen LogP contribution in [0.1, 0.15) is 30.3 Å². The molecule has 0 amide bonds. The predicted molar refractivity (Wildman–Crippen MR) is 72.9 cm³/mol. The average molecular weight is 258 g/mol. The molecule has 92 valence electrons. The van der Waals surface area contributed by atoms with Gasteiger partial charge in [-0.3, -0.25) is 0 Å². The first kappa shape index (κ1) is 12.6. The van der Waals surface area contributed by atoms with E-state index in [2.05, 4.69) is 11.1 Å². The molecule has 0 aliphatic carbocycles. The summed E-state index contributed by atoms with van der Waals surface area (Å²) in [6.45, 7) is 4.09. The molecule has 4 heteroatoms. The maximum absolute atomic E-state index is 9.14. The number of hydrogen-bond donors (Lipinski definition) is 0. The van der Waals surface area contributed by atoms with E-state index in [0.29, 0.717) is 4.88 Å². The molecule has 0 saturated carbocycles. The van der Waals surface area contributed by atoms with Crippen LogP contribution in [-0.4, -0.2) is 12.1 Å². The molecule has 18 heavy (non-hydrogen) atoms. The fraction of sp³-hybridized carbons (Fsp3) is 0.286. The molecule has 0 saturated heterocycles. The molecule has 0 unspecified atom stereocenters. The van der Waals surface area contributed by atoms with Crippen LogP contribution in [0.25, 0.3) is 10.6 Å². The second-order valence-corrected chi connectivity index (χ2v) is 5.20. The minimum Gasteiger partial charge on any atom is -0.496 e. The number of aromatic nitrogens is 1. The Labute approximate surface area is 111 Å². The van der Waals surface area contributed by atoms with Gasteiger partial charge in [-0.05, 0) is 18.1 Å². The van der Waals surface area contributed by atoms with Gasteiger partial charge in [0.1, 0.15) is 21.7 Å². The number of para-hydroxylation sites is 1. The van der Waals surface area contributed by atoms with Crippen molar-refractivity contribution in [1.29, 1.82) is 5.26 Å². The maximum atomic E-state index is 9.14. The molecule has 3 nitrogen and oxygen atoms in total. The number of nitriles is 1. The Hall–Kier alpha value is -1.86. The molecule has 0 spiro atoms. The number of benzene rings is 1. The summed E-state index contributed by atoms with van der Waals surface area (Å²) in [6, 6.07) is 9.95. The third-order valence-electron chi connectivity index (χ3n) is 2.64. The first-order valence-corrected chi connectivity index (χ1v) is 6.53. The number of thiazole rings is 1. The highest BCUT2D eigenvalue weighted by Crippen LogP contribution is 2.35. The Kier molecular flexibility index (Phi) is 3.63. The fourth-order valence-electron chi connectivity index (χ4n) is 1.74. The summed E-state index contributed by atoms with van der Waals surface area (Å²) >= 11 is 1.42. The van der Waals surface area contributed by atoms with Crippen LogP contribution in [0.15, 0.2) is 24.3 Å². The highest BCUT2D eigenvalue weighted by molar-refractivity contribution is 7.15. The molecule has 1 aromatic carbocycles. The van der Waals surface area contributed by atoms with Crippen LogP contribution in [0.3, 0.4) is 0 Å². The molecular formula is C14H14N2OS. The van der Waals surface area contributed by atoms with Gasteiger partial charge in [-0.1, -0.05) is 26.0 Å². The van der Waals surface area contributed by atoms with Crippen molar-refractivity contribution in [2.45, 2.75) is 19.8 Å². The second-order valence-electron chi connectivity index (χ2n) is 4.20. The van der Waals surface area contributed by atoms with Gasteiger partial charge in [0, 0.05) is 0 Å². The monoisotopic (exact) mass is 258 g/mol. The zero-order valence-electron chi connectivity index (χ0n) is 10.6. The summed E-state index contributed by atoms with van der Waals surface area (Å²) in [5, 5.41) is 9.98. The van der Waals surface area contributed by atoms with E-state index < -0.39 is 0 Å². The number of ether oxygens (including phenoxy) is 1. The van der Waals surface area contributed by atoms with Gasteiger partial charge in [-0.2, -0.15) is 5.26 Å². The van der Waals surface area contributed by atoms with Crippen LogP contribution >= 0.6 is 11.3 Å². The molecule has 2 rings (SSSR count). The second kappa shape index (κ2) is 5.19. The summed E-state index contributed by atoms with van der Waals surface area (Å²) < 4.78 is 5.33. The number of nitrogens with zero attached hydrogens (tertiary/aromatic N) is 2. The summed E-state index contributed by atoms with van der Waals surface area (Å²) in [4.78, 5) is 5.26. The number of methoxy groups -OCH3 is 1. The lowest BCUT2D eigenvalue weighted by molar-refractivity contribution is 0.416. The van der Waals surface area contributed by atoms with Gasteiger partial charge >= 0.3 is 0 Å². The van der Waals surface area contributed by atoms with E-state index in [-0.39, 0.29) is 5.92 Å². The first-order valence-electron chi connectivity index (χ1n) is 5.71. The van der Waals surface area contributed by atoms with E-state index in [0.717, 1.165) is 22.0 Å². The van der Waals surface area contributed by atoms with Crippen LogP contribution < -0.4 is 4.74 Å². The Morgan fingerprint density at radius 1 is 1.33 bits per heavy atom. The summed E-state index contributed by atoms with van der Waals surface area (Å²) in [6.07, 6.45) is 0. The first-order chi connectivity index (χ1) is 8.67. The molecule has 2 aromatic rings. The zero-order valence-corrected chi connectivity index (χ0v) is 11.4. The third-order valence-corrected chi connectivity index (χ3v) is 3.65. The highest BCUT2D eigenvalue weighted by atomic mass is 32.1. The molecule has 0 fully saturated rings. The fourth-order valence-corrected chi connectivity index (χ4v) is 2.79. The van der Waals surface area contributed by atoms with Crippen LogP contribution in [-0.2, 0) is 0 Å². The molecule has 0 aliphatic heterocycles. The van der Waals surface area contributed by atoms with Crippen molar-refractivity contribution in [3.63, 3.8) is 0 Å². The molecule has 0 atom stereocenters. The van der Waals surface area contributed by atoms with Crippen molar-refractivity contribution in [3.8, 4) is 22.4 Å². The van der Waals surface area contributed by atoms with Gasteiger partial charge < -0.3 is 4.74 Å². The van der Waals surface area contributed by atoms with Crippen molar-refractivity contribution in [1.82, 2.24) is 4.98 Å². The summed E-state index contributed by atoms with van der Waals surface area (Å²) in [5.41, 5.74) is 1.80.